The maximum atomic E-state index is 11.4. The summed E-state index contributed by atoms with van der Waals surface area (Å²) in [5.41, 5.74) is 1.19. The fraction of sp³-hybridized carbons (Fsp3) is 0.562. The van der Waals surface area contributed by atoms with Gasteiger partial charge in [0.15, 0.2) is 0 Å². The van der Waals surface area contributed by atoms with Gasteiger partial charge in [0.2, 0.25) is 0 Å². The lowest BCUT2D eigenvalue weighted by atomic mass is 9.82. The quantitative estimate of drug-likeness (QED) is 0.762. The first-order valence-electron chi connectivity index (χ1n) is 7.29. The highest BCUT2D eigenvalue weighted by atomic mass is 16.5. The number of carbonyl (C=O) groups is 1. The average molecular weight is 261 g/mol. The van der Waals surface area contributed by atoms with E-state index in [-0.39, 0.29) is 6.09 Å². The first-order valence-corrected chi connectivity index (χ1v) is 7.29. The summed E-state index contributed by atoms with van der Waals surface area (Å²) in [6.07, 6.45) is 6.94. The highest BCUT2D eigenvalue weighted by Crippen LogP contribution is 2.29. The number of rotatable bonds is 7. The van der Waals surface area contributed by atoms with Crippen molar-refractivity contribution in [3.8, 4) is 0 Å². The molecule has 1 saturated carbocycles. The van der Waals surface area contributed by atoms with Crippen molar-refractivity contribution in [3.05, 3.63) is 35.9 Å². The van der Waals surface area contributed by atoms with Crippen LogP contribution in [0.4, 0.5) is 4.79 Å². The van der Waals surface area contributed by atoms with Crippen LogP contribution in [0.25, 0.3) is 0 Å². The molecule has 1 aliphatic rings. The second-order valence-electron chi connectivity index (χ2n) is 5.24. The Bertz CT molecular complexity index is 374. The Labute approximate surface area is 115 Å². The lowest BCUT2D eigenvalue weighted by Crippen LogP contribution is -2.26. The van der Waals surface area contributed by atoms with Crippen molar-refractivity contribution >= 4 is 6.09 Å². The van der Waals surface area contributed by atoms with Crippen LogP contribution in [0.5, 0.6) is 0 Å². The number of amides is 1. The van der Waals surface area contributed by atoms with Gasteiger partial charge in [-0.05, 0) is 24.3 Å². The molecule has 3 heteroatoms. The molecule has 1 aliphatic carbocycles. The van der Waals surface area contributed by atoms with E-state index in [4.69, 9.17) is 4.74 Å². The van der Waals surface area contributed by atoms with E-state index in [1.165, 1.54) is 31.2 Å². The van der Waals surface area contributed by atoms with E-state index < -0.39 is 0 Å². The van der Waals surface area contributed by atoms with Gasteiger partial charge in [-0.15, -0.1) is 0 Å². The van der Waals surface area contributed by atoms with Crippen molar-refractivity contribution in [1.29, 1.82) is 0 Å². The minimum atomic E-state index is -0.287. The molecule has 1 fully saturated rings. The number of ether oxygens (including phenoxy) is 1. The molecule has 1 amide bonds. The molecule has 0 bridgehead atoms. The Morgan fingerprint density at radius 2 is 2.05 bits per heavy atom. The van der Waals surface area contributed by atoms with Crippen LogP contribution >= 0.6 is 0 Å². The lowest BCUT2D eigenvalue weighted by Gasteiger charge is -2.24. The molecule has 19 heavy (non-hydrogen) atoms. The SMILES string of the molecule is O=C(NCCCC1CCC1)OCCc1ccccc1. The van der Waals surface area contributed by atoms with Gasteiger partial charge >= 0.3 is 6.09 Å². The smallest absolute Gasteiger partial charge is 0.407 e. The standard InChI is InChI=1S/C16H23NO2/c18-16(17-12-5-10-14-8-4-9-14)19-13-11-15-6-2-1-3-7-15/h1-3,6-7,14H,4-5,8-13H2,(H,17,18). The van der Waals surface area contributed by atoms with Crippen molar-refractivity contribution in [1.82, 2.24) is 5.32 Å². The predicted octanol–water partition coefficient (Wildman–Crippen LogP) is 3.54. The van der Waals surface area contributed by atoms with Gasteiger partial charge < -0.3 is 10.1 Å². The highest BCUT2D eigenvalue weighted by Gasteiger charge is 2.16. The number of benzene rings is 1. The molecule has 1 aromatic rings. The summed E-state index contributed by atoms with van der Waals surface area (Å²) in [6.45, 7) is 1.18. The Morgan fingerprint density at radius 3 is 2.74 bits per heavy atom. The van der Waals surface area contributed by atoms with Gasteiger partial charge in [-0.3, -0.25) is 0 Å². The van der Waals surface area contributed by atoms with Gasteiger partial charge in [-0.1, -0.05) is 49.6 Å². The molecule has 1 aromatic carbocycles. The monoisotopic (exact) mass is 261 g/mol. The minimum Gasteiger partial charge on any atom is -0.449 e. The molecule has 0 aliphatic heterocycles. The first-order chi connectivity index (χ1) is 9.34. The number of hydrogen-bond donors (Lipinski definition) is 1. The molecule has 0 spiro atoms. The van der Waals surface area contributed by atoms with E-state index in [9.17, 15) is 4.79 Å². The topological polar surface area (TPSA) is 38.3 Å². The van der Waals surface area contributed by atoms with Crippen LogP contribution in [0.3, 0.4) is 0 Å². The maximum absolute atomic E-state index is 11.4. The third-order valence-electron chi connectivity index (χ3n) is 3.75. The van der Waals surface area contributed by atoms with Gasteiger partial charge in [0, 0.05) is 13.0 Å². The number of carbonyl (C=O) groups excluding carboxylic acids is 1. The molecule has 0 unspecified atom stereocenters. The van der Waals surface area contributed by atoms with Crippen molar-refractivity contribution in [3.63, 3.8) is 0 Å². The van der Waals surface area contributed by atoms with Crippen LogP contribution < -0.4 is 5.32 Å². The molecule has 2 rings (SSSR count). The van der Waals surface area contributed by atoms with Gasteiger partial charge in [0.25, 0.3) is 0 Å². The van der Waals surface area contributed by atoms with Crippen LogP contribution in [0.15, 0.2) is 30.3 Å². The molecule has 0 radical (unpaired) electrons. The van der Waals surface area contributed by atoms with Crippen LogP contribution in [-0.4, -0.2) is 19.2 Å². The second kappa shape index (κ2) is 7.82. The summed E-state index contributed by atoms with van der Waals surface area (Å²) in [7, 11) is 0. The summed E-state index contributed by atoms with van der Waals surface area (Å²) in [5, 5.41) is 2.81. The third kappa shape index (κ3) is 5.33. The fourth-order valence-electron chi connectivity index (χ4n) is 2.32. The molecule has 0 aromatic heterocycles. The summed E-state index contributed by atoms with van der Waals surface area (Å²) in [6, 6.07) is 10.1. The van der Waals surface area contributed by atoms with Gasteiger partial charge in [-0.2, -0.15) is 0 Å². The summed E-state index contributed by atoms with van der Waals surface area (Å²) < 4.78 is 5.14. The van der Waals surface area contributed by atoms with E-state index in [2.05, 4.69) is 5.32 Å². The Morgan fingerprint density at radius 1 is 1.26 bits per heavy atom. The normalized spacial score (nSPS) is 14.7. The molecular weight excluding hydrogens is 238 g/mol. The van der Waals surface area contributed by atoms with Crippen LogP contribution in [-0.2, 0) is 11.2 Å². The maximum Gasteiger partial charge on any atom is 0.407 e. The van der Waals surface area contributed by atoms with Crippen molar-refractivity contribution < 1.29 is 9.53 Å². The molecule has 0 saturated heterocycles. The van der Waals surface area contributed by atoms with E-state index in [0.717, 1.165) is 25.3 Å². The Kier molecular flexibility index (Phi) is 5.73. The zero-order valence-corrected chi connectivity index (χ0v) is 11.4. The highest BCUT2D eigenvalue weighted by molar-refractivity contribution is 5.67. The summed E-state index contributed by atoms with van der Waals surface area (Å²) >= 11 is 0. The Hall–Kier alpha value is -1.51. The summed E-state index contributed by atoms with van der Waals surface area (Å²) in [4.78, 5) is 11.4. The van der Waals surface area contributed by atoms with Crippen molar-refractivity contribution in [2.24, 2.45) is 5.92 Å². The van der Waals surface area contributed by atoms with Gasteiger partial charge in [0.1, 0.15) is 0 Å². The van der Waals surface area contributed by atoms with E-state index in [0.29, 0.717) is 6.61 Å². The van der Waals surface area contributed by atoms with Gasteiger partial charge in [0.05, 0.1) is 6.61 Å². The van der Waals surface area contributed by atoms with Crippen LogP contribution in [0.1, 0.15) is 37.7 Å². The zero-order valence-electron chi connectivity index (χ0n) is 11.4. The van der Waals surface area contributed by atoms with Crippen LogP contribution in [0.2, 0.25) is 0 Å². The Balaban J connectivity index is 1.47. The molecular formula is C16H23NO2. The van der Waals surface area contributed by atoms with Gasteiger partial charge in [-0.25, -0.2) is 4.79 Å². The second-order valence-corrected chi connectivity index (χ2v) is 5.24. The number of hydrogen-bond acceptors (Lipinski definition) is 2. The fourth-order valence-corrected chi connectivity index (χ4v) is 2.32. The first kappa shape index (κ1) is 13.9. The predicted molar refractivity (Wildman–Crippen MR) is 76.1 cm³/mol. The number of nitrogens with one attached hydrogen (secondary N) is 1. The zero-order chi connectivity index (χ0) is 13.3. The number of alkyl carbamates (subject to hydrolysis) is 1. The van der Waals surface area contributed by atoms with E-state index in [1.807, 2.05) is 30.3 Å². The van der Waals surface area contributed by atoms with E-state index in [1.54, 1.807) is 0 Å². The minimum absolute atomic E-state index is 0.287. The lowest BCUT2D eigenvalue weighted by molar-refractivity contribution is 0.147. The molecule has 104 valence electrons. The van der Waals surface area contributed by atoms with E-state index >= 15 is 0 Å². The van der Waals surface area contributed by atoms with Crippen LogP contribution in [0, 0.1) is 5.92 Å². The largest absolute Gasteiger partial charge is 0.449 e. The van der Waals surface area contributed by atoms with Crippen molar-refractivity contribution in [2.75, 3.05) is 13.2 Å². The molecule has 0 heterocycles. The molecule has 3 nitrogen and oxygen atoms in total. The van der Waals surface area contributed by atoms with Crippen molar-refractivity contribution in [2.45, 2.75) is 38.5 Å². The molecule has 0 atom stereocenters. The average Bonchev–Trinajstić information content (AvgIpc) is 2.37. The molecule has 1 N–H and O–H groups in total. The summed E-state index contributed by atoms with van der Waals surface area (Å²) in [5.74, 6) is 0.913. The third-order valence-corrected chi connectivity index (χ3v) is 3.75.